The Hall–Kier alpha value is -3.79. The van der Waals surface area contributed by atoms with Gasteiger partial charge in [0.05, 0.1) is 29.6 Å². The molecule has 5 rings (SSSR count). The Morgan fingerprint density at radius 3 is 2.59 bits per heavy atom. The van der Waals surface area contributed by atoms with Crippen LogP contribution in [-0.4, -0.2) is 58.6 Å². The van der Waals surface area contributed by atoms with Gasteiger partial charge in [-0.05, 0) is 50.3 Å². The summed E-state index contributed by atoms with van der Waals surface area (Å²) in [6.45, 7) is 6.45. The first-order valence-corrected chi connectivity index (χ1v) is 13.8. The van der Waals surface area contributed by atoms with Crippen molar-refractivity contribution in [1.29, 1.82) is 0 Å². The summed E-state index contributed by atoms with van der Waals surface area (Å²) in [6, 6.07) is 12.6. The summed E-state index contributed by atoms with van der Waals surface area (Å²) < 4.78 is 7.05. The predicted octanol–water partition coefficient (Wildman–Crippen LogP) is 5.15. The molecule has 1 fully saturated rings. The van der Waals surface area contributed by atoms with Crippen molar-refractivity contribution in [2.24, 2.45) is 0 Å². The van der Waals surface area contributed by atoms with E-state index in [1.807, 2.05) is 42.3 Å². The van der Waals surface area contributed by atoms with Gasteiger partial charge in [-0.1, -0.05) is 29.3 Å². The molecule has 4 aromatic rings. The number of aromatic nitrogens is 3. The number of hydrogen-bond acceptors (Lipinski definition) is 7. The van der Waals surface area contributed by atoms with Crippen LogP contribution in [0.4, 0.5) is 0 Å². The van der Waals surface area contributed by atoms with E-state index in [1.54, 1.807) is 36.5 Å². The van der Waals surface area contributed by atoms with Gasteiger partial charge in [0.2, 0.25) is 5.88 Å². The van der Waals surface area contributed by atoms with Crippen LogP contribution in [0.1, 0.15) is 29.9 Å². The lowest BCUT2D eigenvalue weighted by Gasteiger charge is -2.28. The molecule has 0 saturated carbocycles. The Bertz CT molecular complexity index is 1600. The fraction of sp³-hybridized carbons (Fsp3) is 0.241. The molecule has 0 radical (unpaired) electrons. The van der Waals surface area contributed by atoms with Crippen molar-refractivity contribution in [2.45, 2.75) is 13.8 Å². The lowest BCUT2D eigenvalue weighted by Crippen LogP contribution is -2.47. The highest BCUT2D eigenvalue weighted by atomic mass is 35.5. The third-order valence-corrected chi connectivity index (χ3v) is 7.49. The van der Waals surface area contributed by atoms with Gasteiger partial charge in [0.25, 0.3) is 11.5 Å². The first-order valence-electron chi connectivity index (χ1n) is 12.5. The van der Waals surface area contributed by atoms with Crippen molar-refractivity contribution >= 4 is 34.9 Å². The summed E-state index contributed by atoms with van der Waals surface area (Å²) >= 11 is 7.41. The summed E-state index contributed by atoms with van der Waals surface area (Å²) in [5.41, 5.74) is 3.90. The van der Waals surface area contributed by atoms with E-state index in [-0.39, 0.29) is 17.3 Å². The Balaban J connectivity index is 1.77. The Morgan fingerprint density at radius 2 is 1.90 bits per heavy atom. The molecule has 0 aliphatic carbocycles. The smallest absolute Gasteiger partial charge is 0.266 e. The van der Waals surface area contributed by atoms with Crippen LogP contribution in [-0.2, 0) is 0 Å². The molecule has 0 spiro atoms. The van der Waals surface area contributed by atoms with Crippen molar-refractivity contribution in [1.82, 2.24) is 24.8 Å². The molecule has 1 amide bonds. The van der Waals surface area contributed by atoms with Crippen LogP contribution in [0.2, 0.25) is 5.02 Å². The maximum atomic E-state index is 14.2. The highest BCUT2D eigenvalue weighted by Gasteiger charge is 2.27. The van der Waals surface area contributed by atoms with Gasteiger partial charge in [0, 0.05) is 48.3 Å². The summed E-state index contributed by atoms with van der Waals surface area (Å²) in [7, 11) is 1.51. The number of nitrogens with zero attached hydrogens (tertiary/aromatic N) is 4. The minimum atomic E-state index is -0.317. The van der Waals surface area contributed by atoms with E-state index in [0.29, 0.717) is 58.7 Å². The standard InChI is InChI=1S/C29H28ClN5O3S/c1-18(2)15-25-21(28(36)34-13-11-31-12-14-34)16-22(29(37)35(25)24-5-4-10-32-26(24)38-3)27-33-23(17-39-27)19-6-8-20(30)9-7-19/h4-10,15-17,31H,11-14H2,1-3H3. The van der Waals surface area contributed by atoms with Crippen molar-refractivity contribution in [3.05, 3.63) is 86.2 Å². The number of halogens is 1. The molecule has 1 aliphatic rings. The molecular formula is C29H28ClN5O3S. The molecule has 8 nitrogen and oxygen atoms in total. The summed E-state index contributed by atoms with van der Waals surface area (Å²) in [5, 5.41) is 6.33. The number of methoxy groups -OCH3 is 1. The number of ether oxygens (including phenoxy) is 1. The molecule has 0 bridgehead atoms. The van der Waals surface area contributed by atoms with Crippen molar-refractivity contribution in [2.75, 3.05) is 33.3 Å². The summed E-state index contributed by atoms with van der Waals surface area (Å²) in [5.74, 6) is 0.137. The lowest BCUT2D eigenvalue weighted by molar-refractivity contribution is 0.0735. The molecule has 39 heavy (non-hydrogen) atoms. The molecule has 3 aromatic heterocycles. The molecule has 10 heteroatoms. The van der Waals surface area contributed by atoms with Gasteiger partial charge in [-0.15, -0.1) is 11.3 Å². The quantitative estimate of drug-likeness (QED) is 0.350. The van der Waals surface area contributed by atoms with Crippen LogP contribution < -0.4 is 15.6 Å². The number of piperazine rings is 1. The molecule has 1 aliphatic heterocycles. The second kappa shape index (κ2) is 11.5. The molecule has 0 unspecified atom stereocenters. The van der Waals surface area contributed by atoms with Crippen LogP contribution in [0.5, 0.6) is 5.88 Å². The second-order valence-corrected chi connectivity index (χ2v) is 10.6. The Labute approximate surface area is 235 Å². The van der Waals surface area contributed by atoms with Gasteiger partial charge in [0.15, 0.2) is 0 Å². The molecule has 0 atom stereocenters. The largest absolute Gasteiger partial charge is 0.480 e. The average Bonchev–Trinajstić information content (AvgIpc) is 3.44. The van der Waals surface area contributed by atoms with Gasteiger partial charge in [-0.3, -0.25) is 14.2 Å². The van der Waals surface area contributed by atoms with Crippen molar-refractivity contribution < 1.29 is 9.53 Å². The number of thiazole rings is 1. The van der Waals surface area contributed by atoms with E-state index in [0.717, 1.165) is 16.8 Å². The fourth-order valence-corrected chi connectivity index (χ4v) is 5.47. The van der Waals surface area contributed by atoms with E-state index in [2.05, 4.69) is 10.3 Å². The molecular weight excluding hydrogens is 534 g/mol. The molecule has 1 N–H and O–H groups in total. The van der Waals surface area contributed by atoms with Gasteiger partial charge >= 0.3 is 0 Å². The molecule has 1 saturated heterocycles. The number of carbonyl (C=O) groups excluding carboxylic acids is 1. The van der Waals surface area contributed by atoms with Crippen LogP contribution in [0.3, 0.4) is 0 Å². The Kier molecular flexibility index (Phi) is 7.92. The van der Waals surface area contributed by atoms with E-state index in [9.17, 15) is 9.59 Å². The van der Waals surface area contributed by atoms with E-state index in [4.69, 9.17) is 21.3 Å². The van der Waals surface area contributed by atoms with Gasteiger partial charge < -0.3 is 15.0 Å². The Morgan fingerprint density at radius 1 is 1.15 bits per heavy atom. The predicted molar refractivity (Wildman–Crippen MR) is 156 cm³/mol. The summed E-state index contributed by atoms with van der Waals surface area (Å²) in [6.07, 6.45) is 3.46. The molecule has 4 heterocycles. The molecule has 1 aromatic carbocycles. The van der Waals surface area contributed by atoms with Crippen LogP contribution >= 0.6 is 22.9 Å². The number of benzene rings is 1. The van der Waals surface area contributed by atoms with Crippen LogP contribution in [0, 0.1) is 0 Å². The average molecular weight is 562 g/mol. The third-order valence-electron chi connectivity index (χ3n) is 6.36. The number of amides is 1. The highest BCUT2D eigenvalue weighted by Crippen LogP contribution is 2.31. The van der Waals surface area contributed by atoms with Gasteiger partial charge in [-0.25, -0.2) is 9.97 Å². The van der Waals surface area contributed by atoms with Crippen LogP contribution in [0.25, 0.3) is 33.6 Å². The van der Waals surface area contributed by atoms with E-state index < -0.39 is 0 Å². The first kappa shape index (κ1) is 26.8. The van der Waals surface area contributed by atoms with Gasteiger partial charge in [-0.2, -0.15) is 0 Å². The number of carbonyl (C=O) groups is 1. The second-order valence-electron chi connectivity index (χ2n) is 9.34. The minimum absolute atomic E-state index is 0.142. The van der Waals surface area contributed by atoms with Crippen LogP contribution in [0.15, 0.2) is 64.4 Å². The zero-order valence-electron chi connectivity index (χ0n) is 21.9. The lowest BCUT2D eigenvalue weighted by atomic mass is 10.0. The zero-order valence-corrected chi connectivity index (χ0v) is 23.5. The third kappa shape index (κ3) is 5.52. The van der Waals surface area contributed by atoms with Crippen molar-refractivity contribution in [3.63, 3.8) is 0 Å². The van der Waals surface area contributed by atoms with Gasteiger partial charge in [0.1, 0.15) is 10.7 Å². The van der Waals surface area contributed by atoms with E-state index in [1.165, 1.54) is 23.0 Å². The van der Waals surface area contributed by atoms with Crippen molar-refractivity contribution in [3.8, 4) is 33.4 Å². The number of allylic oxidation sites excluding steroid dienone is 1. The number of rotatable bonds is 6. The summed E-state index contributed by atoms with van der Waals surface area (Å²) in [4.78, 5) is 39.1. The maximum Gasteiger partial charge on any atom is 0.266 e. The number of hydrogen-bond donors (Lipinski definition) is 1. The fourth-order valence-electron chi connectivity index (χ4n) is 4.51. The first-order chi connectivity index (χ1) is 18.9. The monoisotopic (exact) mass is 561 g/mol. The minimum Gasteiger partial charge on any atom is -0.480 e. The maximum absolute atomic E-state index is 14.2. The molecule has 200 valence electrons. The highest BCUT2D eigenvalue weighted by molar-refractivity contribution is 7.13. The zero-order chi connectivity index (χ0) is 27.5. The number of pyridine rings is 2. The SMILES string of the molecule is COc1ncccc1-n1c(C=C(C)C)c(C(=O)N2CCNCC2)cc(-c2nc(-c3ccc(Cl)cc3)cs2)c1=O. The number of nitrogens with one attached hydrogen (secondary N) is 1. The normalized spacial score (nSPS) is 13.3. The van der Waals surface area contributed by atoms with E-state index >= 15 is 0 Å². The topological polar surface area (TPSA) is 89.3 Å².